The first-order valence-corrected chi connectivity index (χ1v) is 10.5. The molecule has 0 bridgehead atoms. The van der Waals surface area contributed by atoms with Gasteiger partial charge < -0.3 is 10.1 Å². The number of methoxy groups -OCH3 is 1. The van der Waals surface area contributed by atoms with Gasteiger partial charge >= 0.3 is 0 Å². The van der Waals surface area contributed by atoms with Crippen LogP contribution in [-0.4, -0.2) is 33.7 Å². The molecule has 8 heteroatoms. The number of carbonyl (C=O) groups excluding carboxylic acids is 1. The van der Waals surface area contributed by atoms with Gasteiger partial charge in [-0.1, -0.05) is 6.07 Å². The van der Waals surface area contributed by atoms with E-state index in [1.165, 1.54) is 11.4 Å². The number of benzene rings is 2. The summed E-state index contributed by atoms with van der Waals surface area (Å²) in [6, 6.07) is 10.4. The molecule has 0 unspecified atom stereocenters. The molecule has 1 aliphatic heterocycles. The van der Waals surface area contributed by atoms with Gasteiger partial charge in [0.15, 0.2) is 0 Å². The van der Waals surface area contributed by atoms with E-state index in [2.05, 4.69) is 21.2 Å². The quantitative estimate of drug-likeness (QED) is 0.791. The van der Waals surface area contributed by atoms with Crippen LogP contribution in [0.2, 0.25) is 0 Å². The molecule has 138 valence electrons. The lowest BCUT2D eigenvalue weighted by Gasteiger charge is -2.19. The second-order valence-electron chi connectivity index (χ2n) is 6.04. The minimum absolute atomic E-state index is 0.152. The molecule has 6 nitrogen and oxygen atoms in total. The Bertz CT molecular complexity index is 960. The Labute approximate surface area is 161 Å². The summed E-state index contributed by atoms with van der Waals surface area (Å²) in [5.74, 6) is 0.423. The number of nitrogens with zero attached hydrogens (tertiary/aromatic N) is 1. The van der Waals surface area contributed by atoms with Gasteiger partial charge in [0.25, 0.3) is 5.91 Å². The van der Waals surface area contributed by atoms with E-state index in [0.29, 0.717) is 40.1 Å². The Morgan fingerprint density at radius 2 is 2.00 bits per heavy atom. The van der Waals surface area contributed by atoms with E-state index in [1.807, 2.05) is 6.92 Å². The van der Waals surface area contributed by atoms with Gasteiger partial charge in [0, 0.05) is 16.7 Å². The zero-order valence-corrected chi connectivity index (χ0v) is 16.9. The standard InChI is InChI=1S/C18H19BrN2O4S/c1-12-4-5-13(21-8-3-9-26(21,23)24)10-17(12)20-18(22)15-11-14(25-2)6-7-16(15)19/h4-7,10-11H,3,8-9H2,1-2H3,(H,20,22). The summed E-state index contributed by atoms with van der Waals surface area (Å²) >= 11 is 3.37. The third kappa shape index (κ3) is 3.71. The zero-order valence-electron chi connectivity index (χ0n) is 14.5. The first-order chi connectivity index (χ1) is 12.3. The maximum Gasteiger partial charge on any atom is 0.256 e. The molecule has 0 spiro atoms. The van der Waals surface area contributed by atoms with Gasteiger partial charge in [0.2, 0.25) is 10.0 Å². The number of halogens is 1. The van der Waals surface area contributed by atoms with E-state index in [4.69, 9.17) is 4.74 Å². The molecule has 2 aromatic rings. The third-order valence-corrected chi connectivity index (χ3v) is 6.84. The Morgan fingerprint density at radius 1 is 1.23 bits per heavy atom. The van der Waals surface area contributed by atoms with Crippen molar-refractivity contribution in [2.75, 3.05) is 29.0 Å². The summed E-state index contributed by atoms with van der Waals surface area (Å²) in [5, 5.41) is 2.86. The first kappa shape index (κ1) is 18.7. The monoisotopic (exact) mass is 438 g/mol. The number of anilines is 2. The van der Waals surface area contributed by atoms with Crippen LogP contribution in [0.25, 0.3) is 0 Å². The highest BCUT2D eigenvalue weighted by molar-refractivity contribution is 9.10. The molecular formula is C18H19BrN2O4S. The normalized spacial score (nSPS) is 15.7. The maximum atomic E-state index is 12.7. The molecule has 1 heterocycles. The molecular weight excluding hydrogens is 420 g/mol. The molecule has 1 N–H and O–H groups in total. The predicted octanol–water partition coefficient (Wildman–Crippen LogP) is 3.56. The van der Waals surface area contributed by atoms with Crippen LogP contribution in [0.15, 0.2) is 40.9 Å². The van der Waals surface area contributed by atoms with Crippen LogP contribution in [0.1, 0.15) is 22.3 Å². The third-order valence-electron chi connectivity index (χ3n) is 4.27. The van der Waals surface area contributed by atoms with Crippen LogP contribution in [0.3, 0.4) is 0 Å². The van der Waals surface area contributed by atoms with Crippen molar-refractivity contribution in [1.29, 1.82) is 0 Å². The lowest BCUT2D eigenvalue weighted by Crippen LogP contribution is -2.25. The molecule has 0 saturated carbocycles. The Morgan fingerprint density at radius 3 is 2.65 bits per heavy atom. The van der Waals surface area contributed by atoms with Gasteiger partial charge in [-0.2, -0.15) is 0 Å². The van der Waals surface area contributed by atoms with Crippen molar-refractivity contribution in [3.63, 3.8) is 0 Å². The molecule has 2 aromatic carbocycles. The number of ether oxygens (including phenoxy) is 1. The van der Waals surface area contributed by atoms with E-state index in [0.717, 1.165) is 5.56 Å². The summed E-state index contributed by atoms with van der Waals surface area (Å²) in [4.78, 5) is 12.7. The van der Waals surface area contributed by atoms with Crippen LogP contribution in [-0.2, 0) is 10.0 Å². The molecule has 1 fully saturated rings. The topological polar surface area (TPSA) is 75.7 Å². The second-order valence-corrected chi connectivity index (χ2v) is 8.91. The molecule has 1 saturated heterocycles. The van der Waals surface area contributed by atoms with Gasteiger partial charge in [-0.15, -0.1) is 0 Å². The predicted molar refractivity (Wildman–Crippen MR) is 106 cm³/mol. The largest absolute Gasteiger partial charge is 0.497 e. The van der Waals surface area contributed by atoms with Crippen LogP contribution >= 0.6 is 15.9 Å². The van der Waals surface area contributed by atoms with Crippen LogP contribution in [0.4, 0.5) is 11.4 Å². The van der Waals surface area contributed by atoms with Crippen molar-refractivity contribution >= 4 is 43.2 Å². The van der Waals surface area contributed by atoms with Gasteiger partial charge in [-0.05, 0) is 65.2 Å². The van der Waals surface area contributed by atoms with E-state index >= 15 is 0 Å². The highest BCUT2D eigenvalue weighted by atomic mass is 79.9. The van der Waals surface area contributed by atoms with Crippen LogP contribution < -0.4 is 14.4 Å². The Hall–Kier alpha value is -2.06. The molecule has 0 atom stereocenters. The van der Waals surface area contributed by atoms with Gasteiger partial charge in [-0.25, -0.2) is 8.42 Å². The SMILES string of the molecule is COc1ccc(Br)c(C(=O)Nc2cc(N3CCCS3(=O)=O)ccc2C)c1. The minimum Gasteiger partial charge on any atom is -0.497 e. The molecule has 26 heavy (non-hydrogen) atoms. The van der Waals surface area contributed by atoms with Crippen molar-refractivity contribution < 1.29 is 17.9 Å². The molecule has 0 radical (unpaired) electrons. The van der Waals surface area contributed by atoms with Gasteiger partial charge in [0.1, 0.15) is 5.75 Å². The molecule has 0 aromatic heterocycles. The Balaban J connectivity index is 1.90. The average Bonchev–Trinajstić information content (AvgIpc) is 2.96. The lowest BCUT2D eigenvalue weighted by molar-refractivity contribution is 0.102. The van der Waals surface area contributed by atoms with Crippen LogP contribution in [0, 0.1) is 6.92 Å². The highest BCUT2D eigenvalue weighted by Gasteiger charge is 2.28. The number of sulfonamides is 1. The summed E-state index contributed by atoms with van der Waals surface area (Å²) in [6.07, 6.45) is 0.606. The average molecular weight is 439 g/mol. The number of carbonyl (C=O) groups is 1. The van der Waals surface area contributed by atoms with Crippen molar-refractivity contribution in [2.24, 2.45) is 0 Å². The number of nitrogens with one attached hydrogen (secondary N) is 1. The summed E-state index contributed by atoms with van der Waals surface area (Å²) in [7, 11) is -1.73. The first-order valence-electron chi connectivity index (χ1n) is 8.08. The molecule has 3 rings (SSSR count). The van der Waals surface area contributed by atoms with E-state index in [-0.39, 0.29) is 11.7 Å². The number of amides is 1. The summed E-state index contributed by atoms with van der Waals surface area (Å²) in [6.45, 7) is 2.32. The Kier molecular flexibility index (Phi) is 5.24. The fourth-order valence-electron chi connectivity index (χ4n) is 2.82. The van der Waals surface area contributed by atoms with Crippen molar-refractivity contribution in [1.82, 2.24) is 0 Å². The summed E-state index contributed by atoms with van der Waals surface area (Å²) < 4.78 is 31.5. The molecule has 1 amide bonds. The smallest absolute Gasteiger partial charge is 0.256 e. The minimum atomic E-state index is -3.27. The molecule has 1 aliphatic rings. The van der Waals surface area contributed by atoms with Crippen molar-refractivity contribution in [3.8, 4) is 5.75 Å². The fraction of sp³-hybridized carbons (Fsp3) is 0.278. The molecule has 0 aliphatic carbocycles. The number of hydrogen-bond donors (Lipinski definition) is 1. The zero-order chi connectivity index (χ0) is 18.9. The van der Waals surface area contributed by atoms with Crippen LogP contribution in [0.5, 0.6) is 5.75 Å². The summed E-state index contributed by atoms with van der Waals surface area (Å²) in [5.41, 5.74) is 2.41. The van der Waals surface area contributed by atoms with Gasteiger partial charge in [-0.3, -0.25) is 9.10 Å². The maximum absolute atomic E-state index is 12.7. The van der Waals surface area contributed by atoms with Crippen molar-refractivity contribution in [2.45, 2.75) is 13.3 Å². The van der Waals surface area contributed by atoms with E-state index in [1.54, 1.807) is 36.4 Å². The van der Waals surface area contributed by atoms with Gasteiger partial charge in [0.05, 0.1) is 24.1 Å². The van der Waals surface area contributed by atoms with Crippen molar-refractivity contribution in [3.05, 3.63) is 52.0 Å². The number of aryl methyl sites for hydroxylation is 1. The van der Waals surface area contributed by atoms with E-state index < -0.39 is 10.0 Å². The highest BCUT2D eigenvalue weighted by Crippen LogP contribution is 2.30. The lowest BCUT2D eigenvalue weighted by atomic mass is 10.1. The van der Waals surface area contributed by atoms with E-state index in [9.17, 15) is 13.2 Å². The number of hydrogen-bond acceptors (Lipinski definition) is 4. The number of rotatable bonds is 4. The second kappa shape index (κ2) is 7.28. The fourth-order valence-corrected chi connectivity index (χ4v) is 4.81.